The van der Waals surface area contributed by atoms with Crippen molar-refractivity contribution in [1.82, 2.24) is 4.68 Å². The van der Waals surface area contributed by atoms with Gasteiger partial charge in [-0.25, -0.2) is 0 Å². The van der Waals surface area contributed by atoms with E-state index in [-0.39, 0.29) is 0 Å². The van der Waals surface area contributed by atoms with Crippen molar-refractivity contribution in [3.63, 3.8) is 0 Å². The van der Waals surface area contributed by atoms with Gasteiger partial charge in [0, 0.05) is 24.0 Å². The fraction of sp³-hybridized carbons (Fsp3) is 0.286. The van der Waals surface area contributed by atoms with Gasteiger partial charge in [-0.3, -0.25) is 4.68 Å². The second-order valence-corrected chi connectivity index (χ2v) is 3.94. The first-order valence-electron chi connectivity index (χ1n) is 5.94. The minimum Gasteiger partial charge on any atom is -0.496 e. The van der Waals surface area contributed by atoms with Gasteiger partial charge < -0.3 is 19.6 Å². The van der Waals surface area contributed by atoms with Crippen molar-refractivity contribution in [1.29, 1.82) is 0 Å². The molecule has 5 nitrogen and oxygen atoms in total. The van der Waals surface area contributed by atoms with Crippen molar-refractivity contribution in [2.75, 3.05) is 26.8 Å². The molecule has 0 amide bonds. The molecule has 1 N–H and O–H groups in total. The second-order valence-electron chi connectivity index (χ2n) is 3.94. The minimum absolute atomic E-state index is 0.623. The maximum atomic E-state index is 5.37. The van der Waals surface area contributed by atoms with Crippen LogP contribution in [-0.2, 0) is 6.54 Å². The SMILES string of the molecule is COc1cc(OC)c(OC)cc1CNn1cccc1. The van der Waals surface area contributed by atoms with Gasteiger partial charge in [0.15, 0.2) is 11.5 Å². The molecule has 2 aromatic rings. The molecule has 1 heterocycles. The molecule has 0 aliphatic carbocycles. The molecule has 0 aliphatic heterocycles. The Bertz CT molecular complexity index is 524. The maximum Gasteiger partial charge on any atom is 0.164 e. The number of methoxy groups -OCH3 is 3. The van der Waals surface area contributed by atoms with Gasteiger partial charge in [-0.05, 0) is 18.2 Å². The van der Waals surface area contributed by atoms with Crippen molar-refractivity contribution >= 4 is 0 Å². The van der Waals surface area contributed by atoms with E-state index >= 15 is 0 Å². The molecule has 0 bridgehead atoms. The highest BCUT2D eigenvalue weighted by Crippen LogP contribution is 2.34. The smallest absolute Gasteiger partial charge is 0.164 e. The fourth-order valence-corrected chi connectivity index (χ4v) is 1.85. The van der Waals surface area contributed by atoms with E-state index in [9.17, 15) is 0 Å². The molecule has 5 heteroatoms. The minimum atomic E-state index is 0.623. The number of hydrogen-bond donors (Lipinski definition) is 1. The standard InChI is InChI=1S/C14H18N2O3/c1-17-12-9-14(19-3)13(18-2)8-11(12)10-15-16-6-4-5-7-16/h4-9,15H,10H2,1-3H3. The summed E-state index contributed by atoms with van der Waals surface area (Å²) in [5.41, 5.74) is 4.24. The Hall–Kier alpha value is -2.30. The van der Waals surface area contributed by atoms with E-state index in [1.807, 2.05) is 41.3 Å². The van der Waals surface area contributed by atoms with Crippen LogP contribution < -0.4 is 19.6 Å². The molecule has 0 unspecified atom stereocenters. The first kappa shape index (κ1) is 13.1. The fourth-order valence-electron chi connectivity index (χ4n) is 1.85. The highest BCUT2D eigenvalue weighted by atomic mass is 16.5. The molecule has 0 fully saturated rings. The highest BCUT2D eigenvalue weighted by molar-refractivity contribution is 5.51. The van der Waals surface area contributed by atoms with Gasteiger partial charge in [-0.15, -0.1) is 0 Å². The number of nitrogens with zero attached hydrogens (tertiary/aromatic N) is 1. The molecule has 0 radical (unpaired) electrons. The highest BCUT2D eigenvalue weighted by Gasteiger charge is 2.11. The monoisotopic (exact) mass is 262 g/mol. The van der Waals surface area contributed by atoms with E-state index in [4.69, 9.17) is 14.2 Å². The summed E-state index contributed by atoms with van der Waals surface area (Å²) < 4.78 is 17.8. The van der Waals surface area contributed by atoms with Crippen LogP contribution in [0.2, 0.25) is 0 Å². The molecule has 0 saturated heterocycles. The first-order valence-corrected chi connectivity index (χ1v) is 5.94. The van der Waals surface area contributed by atoms with Gasteiger partial charge in [0.05, 0.1) is 27.9 Å². The van der Waals surface area contributed by atoms with Gasteiger partial charge in [-0.1, -0.05) is 0 Å². The first-order chi connectivity index (χ1) is 9.28. The number of ether oxygens (including phenoxy) is 3. The molecule has 19 heavy (non-hydrogen) atoms. The molecule has 102 valence electrons. The van der Waals surface area contributed by atoms with Crippen LogP contribution in [-0.4, -0.2) is 26.0 Å². The summed E-state index contributed by atoms with van der Waals surface area (Å²) in [5, 5.41) is 0. The zero-order valence-electron chi connectivity index (χ0n) is 11.3. The van der Waals surface area contributed by atoms with E-state index < -0.39 is 0 Å². The number of benzene rings is 1. The van der Waals surface area contributed by atoms with Crippen molar-refractivity contribution in [2.24, 2.45) is 0 Å². The number of hydrogen-bond acceptors (Lipinski definition) is 4. The van der Waals surface area contributed by atoms with Crippen LogP contribution in [0.5, 0.6) is 17.2 Å². The predicted molar refractivity (Wildman–Crippen MR) is 73.6 cm³/mol. The zero-order valence-corrected chi connectivity index (χ0v) is 11.3. The van der Waals surface area contributed by atoms with Crippen molar-refractivity contribution in [3.05, 3.63) is 42.2 Å². The average molecular weight is 262 g/mol. The third kappa shape index (κ3) is 2.93. The van der Waals surface area contributed by atoms with Crippen molar-refractivity contribution in [2.45, 2.75) is 6.54 Å². The summed E-state index contributed by atoms with van der Waals surface area (Å²) in [6.45, 7) is 0.623. The van der Waals surface area contributed by atoms with Gasteiger partial charge in [0.2, 0.25) is 0 Å². The number of nitrogens with one attached hydrogen (secondary N) is 1. The molecular formula is C14H18N2O3. The van der Waals surface area contributed by atoms with Crippen LogP contribution >= 0.6 is 0 Å². The summed E-state index contributed by atoms with van der Waals surface area (Å²) in [6, 6.07) is 7.65. The van der Waals surface area contributed by atoms with Gasteiger partial charge in [-0.2, -0.15) is 0 Å². The Balaban J connectivity index is 2.22. The summed E-state index contributed by atoms with van der Waals surface area (Å²) in [6.07, 6.45) is 3.88. The van der Waals surface area contributed by atoms with E-state index in [1.165, 1.54) is 0 Å². The lowest BCUT2D eigenvalue weighted by atomic mass is 10.1. The van der Waals surface area contributed by atoms with Gasteiger partial charge in [0.25, 0.3) is 0 Å². The number of aromatic nitrogens is 1. The lowest BCUT2D eigenvalue weighted by molar-refractivity contribution is 0.347. The summed E-state index contributed by atoms with van der Waals surface area (Å²) in [4.78, 5) is 0. The molecule has 0 spiro atoms. The summed E-state index contributed by atoms with van der Waals surface area (Å²) in [5.74, 6) is 2.11. The third-order valence-electron chi connectivity index (χ3n) is 2.84. The van der Waals surface area contributed by atoms with Gasteiger partial charge >= 0.3 is 0 Å². The molecule has 1 aromatic carbocycles. The summed E-state index contributed by atoms with van der Waals surface area (Å²) >= 11 is 0. The predicted octanol–water partition coefficient (Wildman–Crippen LogP) is 2.26. The van der Waals surface area contributed by atoms with E-state index in [1.54, 1.807) is 21.3 Å². The largest absolute Gasteiger partial charge is 0.496 e. The molecular weight excluding hydrogens is 244 g/mol. The van der Waals surface area contributed by atoms with Crippen LogP contribution in [0.15, 0.2) is 36.7 Å². The van der Waals surface area contributed by atoms with Crippen LogP contribution in [0.3, 0.4) is 0 Å². The lowest BCUT2D eigenvalue weighted by Gasteiger charge is -2.15. The van der Waals surface area contributed by atoms with Crippen LogP contribution in [0, 0.1) is 0 Å². The van der Waals surface area contributed by atoms with Gasteiger partial charge in [0.1, 0.15) is 5.75 Å². The molecule has 0 saturated carbocycles. The second kappa shape index (κ2) is 6.04. The molecule has 0 atom stereocenters. The topological polar surface area (TPSA) is 44.6 Å². The molecule has 0 aliphatic rings. The third-order valence-corrected chi connectivity index (χ3v) is 2.84. The number of rotatable bonds is 6. The quantitative estimate of drug-likeness (QED) is 0.867. The Kier molecular flexibility index (Phi) is 4.18. The average Bonchev–Trinajstić information content (AvgIpc) is 2.97. The zero-order chi connectivity index (χ0) is 13.7. The normalized spacial score (nSPS) is 10.1. The van der Waals surface area contributed by atoms with Crippen LogP contribution in [0.4, 0.5) is 0 Å². The Labute approximate surface area is 112 Å². The lowest BCUT2D eigenvalue weighted by Crippen LogP contribution is -2.12. The molecule has 1 aromatic heterocycles. The van der Waals surface area contributed by atoms with E-state index in [0.29, 0.717) is 18.0 Å². The Morgan fingerprint density at radius 2 is 1.47 bits per heavy atom. The Morgan fingerprint density at radius 3 is 2.05 bits per heavy atom. The summed E-state index contributed by atoms with van der Waals surface area (Å²) in [7, 11) is 4.86. The van der Waals surface area contributed by atoms with Crippen molar-refractivity contribution < 1.29 is 14.2 Å². The Morgan fingerprint density at radius 1 is 0.895 bits per heavy atom. The van der Waals surface area contributed by atoms with E-state index in [0.717, 1.165) is 11.3 Å². The van der Waals surface area contributed by atoms with Crippen LogP contribution in [0.25, 0.3) is 0 Å². The van der Waals surface area contributed by atoms with Crippen molar-refractivity contribution in [3.8, 4) is 17.2 Å². The molecule has 2 rings (SSSR count). The van der Waals surface area contributed by atoms with E-state index in [2.05, 4.69) is 5.43 Å². The maximum absolute atomic E-state index is 5.37. The van der Waals surface area contributed by atoms with Crippen LogP contribution in [0.1, 0.15) is 5.56 Å².